The third-order valence-electron chi connectivity index (χ3n) is 1.55. The highest BCUT2D eigenvalue weighted by Gasteiger charge is 2.12. The molecule has 0 aliphatic heterocycles. The third kappa shape index (κ3) is 1.78. The van der Waals surface area contributed by atoms with Gasteiger partial charge in [-0.2, -0.15) is 0 Å². The van der Waals surface area contributed by atoms with Gasteiger partial charge in [-0.25, -0.2) is 0 Å². The maximum absolute atomic E-state index is 8.82. The van der Waals surface area contributed by atoms with E-state index in [0.717, 1.165) is 5.69 Å². The fourth-order valence-electron chi connectivity index (χ4n) is 0.856. The number of aliphatic hydroxyl groups is 1. The van der Waals surface area contributed by atoms with Crippen LogP contribution >= 0.6 is 0 Å². The molecule has 4 heteroatoms. The second-order valence-electron chi connectivity index (χ2n) is 2.49. The molecule has 1 rings (SSSR count). The van der Waals surface area contributed by atoms with Crippen LogP contribution in [0.3, 0.4) is 0 Å². The van der Waals surface area contributed by atoms with Crippen LogP contribution in [0.15, 0.2) is 10.6 Å². The van der Waals surface area contributed by atoms with Crippen LogP contribution in [-0.4, -0.2) is 23.4 Å². The number of aromatic nitrogens is 1. The molecule has 1 unspecified atom stereocenters. The van der Waals surface area contributed by atoms with Crippen molar-refractivity contribution in [1.29, 1.82) is 0 Å². The quantitative estimate of drug-likeness (QED) is 0.647. The van der Waals surface area contributed by atoms with Gasteiger partial charge >= 0.3 is 0 Å². The van der Waals surface area contributed by atoms with Crippen LogP contribution in [-0.2, 0) is 0 Å². The van der Waals surface area contributed by atoms with Crippen LogP contribution in [0.2, 0.25) is 0 Å². The van der Waals surface area contributed by atoms with Crippen molar-refractivity contribution in [3.8, 4) is 0 Å². The summed E-state index contributed by atoms with van der Waals surface area (Å²) in [6.45, 7) is 2.22. The van der Waals surface area contributed by atoms with E-state index in [1.54, 1.807) is 6.07 Å². The molecule has 0 amide bonds. The summed E-state index contributed by atoms with van der Waals surface area (Å²) in [5.74, 6) is 0.545. The van der Waals surface area contributed by atoms with E-state index in [1.165, 1.54) is 0 Å². The molecule has 1 aromatic heterocycles. The van der Waals surface area contributed by atoms with E-state index in [2.05, 4.69) is 5.16 Å². The van der Waals surface area contributed by atoms with E-state index in [9.17, 15) is 0 Å². The van der Waals surface area contributed by atoms with Crippen molar-refractivity contribution in [3.05, 3.63) is 17.5 Å². The molecule has 0 saturated heterocycles. The van der Waals surface area contributed by atoms with E-state index < -0.39 is 0 Å². The maximum Gasteiger partial charge on any atom is 0.143 e. The molecule has 0 radical (unpaired) electrons. The monoisotopic (exact) mass is 156 g/mol. The summed E-state index contributed by atoms with van der Waals surface area (Å²) < 4.78 is 4.92. The molecule has 0 aliphatic carbocycles. The van der Waals surface area contributed by atoms with Crippen LogP contribution in [0, 0.1) is 6.92 Å². The minimum Gasteiger partial charge on any atom is -0.396 e. The van der Waals surface area contributed by atoms with Crippen LogP contribution < -0.4 is 5.73 Å². The Morgan fingerprint density at radius 1 is 1.82 bits per heavy atom. The molecule has 4 nitrogen and oxygen atoms in total. The summed E-state index contributed by atoms with van der Waals surface area (Å²) in [5.41, 5.74) is 6.19. The van der Waals surface area contributed by atoms with Crippen molar-refractivity contribution in [1.82, 2.24) is 5.16 Å². The lowest BCUT2D eigenvalue weighted by Gasteiger charge is -2.04. The van der Waals surface area contributed by atoms with Crippen LogP contribution in [0.4, 0.5) is 0 Å². The number of rotatable bonds is 3. The number of hydrogen-bond acceptors (Lipinski definition) is 4. The van der Waals surface area contributed by atoms with Crippen LogP contribution in [0.5, 0.6) is 0 Å². The predicted molar refractivity (Wildman–Crippen MR) is 40.1 cm³/mol. The molecule has 0 saturated carbocycles. The fraction of sp³-hybridized carbons (Fsp3) is 0.571. The van der Waals surface area contributed by atoms with Gasteiger partial charge in [0.1, 0.15) is 5.76 Å². The first kappa shape index (κ1) is 8.23. The van der Waals surface area contributed by atoms with E-state index in [1.807, 2.05) is 6.92 Å². The van der Waals surface area contributed by atoms with Crippen molar-refractivity contribution in [2.24, 2.45) is 5.73 Å². The Kier molecular flexibility index (Phi) is 2.62. The normalized spacial score (nSPS) is 13.4. The zero-order valence-corrected chi connectivity index (χ0v) is 6.45. The topological polar surface area (TPSA) is 72.3 Å². The zero-order valence-electron chi connectivity index (χ0n) is 6.45. The van der Waals surface area contributed by atoms with Crippen molar-refractivity contribution in [3.63, 3.8) is 0 Å². The number of nitrogens with zero attached hydrogens (tertiary/aromatic N) is 1. The minimum atomic E-state index is -0.115. The number of hydrogen-bond donors (Lipinski definition) is 2. The lowest BCUT2D eigenvalue weighted by atomic mass is 10.1. The average Bonchev–Trinajstić information content (AvgIpc) is 2.39. The molecule has 1 heterocycles. The highest BCUT2D eigenvalue weighted by atomic mass is 16.5. The van der Waals surface area contributed by atoms with Crippen LogP contribution in [0.1, 0.15) is 17.4 Å². The number of aryl methyl sites for hydroxylation is 1. The summed E-state index contributed by atoms with van der Waals surface area (Å²) >= 11 is 0. The highest BCUT2D eigenvalue weighted by molar-refractivity contribution is 5.08. The molecule has 0 aromatic carbocycles. The third-order valence-corrected chi connectivity index (χ3v) is 1.55. The Labute approximate surface area is 65.0 Å². The van der Waals surface area contributed by atoms with Gasteiger partial charge in [-0.05, 0) is 6.92 Å². The summed E-state index contributed by atoms with van der Waals surface area (Å²) in [7, 11) is 0. The SMILES string of the molecule is Cc1cc(C(CN)CO)on1. The molecule has 0 bridgehead atoms. The average molecular weight is 156 g/mol. The Hall–Kier alpha value is -0.870. The van der Waals surface area contributed by atoms with E-state index >= 15 is 0 Å². The maximum atomic E-state index is 8.82. The number of aliphatic hydroxyl groups excluding tert-OH is 1. The van der Waals surface area contributed by atoms with E-state index in [0.29, 0.717) is 12.3 Å². The van der Waals surface area contributed by atoms with Gasteiger partial charge < -0.3 is 15.4 Å². The molecule has 1 aromatic rings. The lowest BCUT2D eigenvalue weighted by Crippen LogP contribution is -2.15. The largest absolute Gasteiger partial charge is 0.396 e. The second-order valence-corrected chi connectivity index (χ2v) is 2.49. The van der Waals surface area contributed by atoms with E-state index in [-0.39, 0.29) is 12.5 Å². The molecular weight excluding hydrogens is 144 g/mol. The van der Waals surface area contributed by atoms with E-state index in [4.69, 9.17) is 15.4 Å². The Morgan fingerprint density at radius 2 is 2.55 bits per heavy atom. The van der Waals surface area contributed by atoms with Crippen molar-refractivity contribution < 1.29 is 9.63 Å². The molecule has 3 N–H and O–H groups in total. The zero-order chi connectivity index (χ0) is 8.27. The van der Waals surface area contributed by atoms with Gasteiger partial charge in [0, 0.05) is 12.6 Å². The van der Waals surface area contributed by atoms with Crippen molar-refractivity contribution in [2.75, 3.05) is 13.2 Å². The van der Waals surface area contributed by atoms with Gasteiger partial charge in [-0.1, -0.05) is 5.16 Å². The molecule has 0 spiro atoms. The fourth-order valence-corrected chi connectivity index (χ4v) is 0.856. The first-order valence-corrected chi connectivity index (χ1v) is 3.52. The van der Waals surface area contributed by atoms with Gasteiger partial charge in [0.2, 0.25) is 0 Å². The van der Waals surface area contributed by atoms with Gasteiger partial charge in [-0.3, -0.25) is 0 Å². The first-order chi connectivity index (χ1) is 5.27. The Balaban J connectivity index is 2.73. The molecule has 62 valence electrons. The molecular formula is C7H12N2O2. The number of nitrogens with two attached hydrogens (primary N) is 1. The van der Waals surface area contributed by atoms with Crippen LogP contribution in [0.25, 0.3) is 0 Å². The van der Waals surface area contributed by atoms with Crippen molar-refractivity contribution in [2.45, 2.75) is 12.8 Å². The summed E-state index contributed by atoms with van der Waals surface area (Å²) in [6.07, 6.45) is 0. The van der Waals surface area contributed by atoms with Gasteiger partial charge in [0.25, 0.3) is 0 Å². The predicted octanol–water partition coefficient (Wildman–Crippen LogP) is 0.0176. The van der Waals surface area contributed by atoms with Gasteiger partial charge in [-0.15, -0.1) is 0 Å². The smallest absolute Gasteiger partial charge is 0.143 e. The van der Waals surface area contributed by atoms with Crippen molar-refractivity contribution >= 4 is 0 Å². The standard InChI is InChI=1S/C7H12N2O2/c1-5-2-7(11-9-5)6(3-8)4-10/h2,6,10H,3-4,8H2,1H3. The molecule has 1 atom stereocenters. The minimum absolute atomic E-state index is 0.00509. The summed E-state index contributed by atoms with van der Waals surface area (Å²) in [5, 5.41) is 12.5. The molecule has 0 aliphatic rings. The first-order valence-electron chi connectivity index (χ1n) is 3.52. The van der Waals surface area contributed by atoms with Gasteiger partial charge in [0.15, 0.2) is 0 Å². The second kappa shape index (κ2) is 3.50. The highest BCUT2D eigenvalue weighted by Crippen LogP contribution is 2.14. The summed E-state index contributed by atoms with van der Waals surface area (Å²) in [6, 6.07) is 1.79. The van der Waals surface area contributed by atoms with Gasteiger partial charge in [0.05, 0.1) is 18.2 Å². The Bertz CT molecular complexity index is 218. The Morgan fingerprint density at radius 3 is 2.91 bits per heavy atom. The molecule has 11 heavy (non-hydrogen) atoms. The molecule has 0 fully saturated rings. The summed E-state index contributed by atoms with van der Waals surface area (Å²) in [4.78, 5) is 0. The lowest BCUT2D eigenvalue weighted by molar-refractivity contribution is 0.240.